The van der Waals surface area contributed by atoms with Crippen molar-refractivity contribution in [2.45, 2.75) is 63.9 Å². The Morgan fingerprint density at radius 1 is 0.643 bits per heavy atom. The van der Waals surface area contributed by atoms with E-state index in [1.807, 2.05) is 21.5 Å². The van der Waals surface area contributed by atoms with Gasteiger partial charge in [0.05, 0.1) is 36.6 Å². The van der Waals surface area contributed by atoms with Crippen molar-refractivity contribution in [2.24, 2.45) is 0 Å². The second kappa shape index (κ2) is 12.3. The van der Waals surface area contributed by atoms with Gasteiger partial charge in [-0.3, -0.25) is 9.36 Å². The Hall–Kier alpha value is -4.30. The van der Waals surface area contributed by atoms with Crippen molar-refractivity contribution in [3.63, 3.8) is 0 Å². The van der Waals surface area contributed by atoms with Gasteiger partial charge in [-0.05, 0) is 70.8 Å². The summed E-state index contributed by atoms with van der Waals surface area (Å²) in [5.41, 5.74) is 6.30. The van der Waals surface area contributed by atoms with E-state index < -0.39 is 0 Å². The molecule has 0 saturated heterocycles. The molecule has 42 heavy (non-hydrogen) atoms. The lowest BCUT2D eigenvalue weighted by atomic mass is 10.1. The molecule has 4 aromatic heterocycles. The summed E-state index contributed by atoms with van der Waals surface area (Å²) in [5.74, 6) is 1.07. The van der Waals surface area contributed by atoms with E-state index >= 15 is 0 Å². The largest absolute Gasteiger partial charge is 0.258 e. The molecule has 0 aliphatic carbocycles. The Balaban J connectivity index is 1.23. The van der Waals surface area contributed by atoms with Crippen molar-refractivity contribution in [1.29, 1.82) is 0 Å². The summed E-state index contributed by atoms with van der Waals surface area (Å²) < 4.78 is 3.88. The van der Waals surface area contributed by atoms with E-state index in [-0.39, 0.29) is 0 Å². The van der Waals surface area contributed by atoms with E-state index in [0.29, 0.717) is 37.8 Å². The smallest absolute Gasteiger partial charge is 0.209 e. The van der Waals surface area contributed by atoms with Crippen molar-refractivity contribution < 1.29 is 0 Å². The van der Waals surface area contributed by atoms with Gasteiger partial charge >= 0.3 is 0 Å². The number of tetrazole rings is 2. The van der Waals surface area contributed by atoms with Crippen LogP contribution in [0.25, 0.3) is 22.8 Å². The lowest BCUT2D eigenvalue weighted by Crippen LogP contribution is -2.04. The molecule has 214 valence electrons. The monoisotopic (exact) mass is 598 g/mol. The molecule has 12 nitrogen and oxygen atoms in total. The minimum absolute atomic E-state index is 0.537. The Kier molecular flexibility index (Phi) is 8.15. The fourth-order valence-electron chi connectivity index (χ4n) is 4.54. The molecule has 0 aliphatic heterocycles. The zero-order chi connectivity index (χ0) is 29.1. The number of nitrogens with zero attached hydrogens (tertiary/aromatic N) is 12. The van der Waals surface area contributed by atoms with Gasteiger partial charge in [0.2, 0.25) is 11.6 Å². The van der Waals surface area contributed by atoms with E-state index in [1.165, 1.54) is 11.1 Å². The van der Waals surface area contributed by atoms with Crippen LogP contribution in [-0.4, -0.2) is 60.0 Å². The molecule has 2 aromatic carbocycles. The summed E-state index contributed by atoms with van der Waals surface area (Å²) in [4.78, 5) is 3.23. The summed E-state index contributed by atoms with van der Waals surface area (Å²) in [7, 11) is 3.16. The second-order valence-corrected chi connectivity index (χ2v) is 11.9. The lowest BCUT2D eigenvalue weighted by molar-refractivity contribution is 0.572. The van der Waals surface area contributed by atoms with Gasteiger partial charge in [-0.1, -0.05) is 59.7 Å². The van der Waals surface area contributed by atoms with E-state index in [4.69, 9.17) is 0 Å². The molecule has 0 spiro atoms. The molecular formula is C28H30N12S2. The Labute approximate surface area is 250 Å². The molecule has 0 bridgehead atoms. The third-order valence-corrected chi connectivity index (χ3v) is 9.04. The van der Waals surface area contributed by atoms with Crippen LogP contribution in [0.1, 0.15) is 36.1 Å². The van der Waals surface area contributed by atoms with Crippen LogP contribution in [0.5, 0.6) is 0 Å². The first kappa shape index (κ1) is 27.8. The quantitative estimate of drug-likeness (QED) is 0.190. The van der Waals surface area contributed by atoms with Crippen molar-refractivity contribution in [1.82, 2.24) is 60.0 Å². The van der Waals surface area contributed by atoms with Crippen LogP contribution in [0.4, 0.5) is 0 Å². The molecule has 6 rings (SSSR count). The van der Waals surface area contributed by atoms with E-state index in [1.54, 1.807) is 43.6 Å². The normalized spacial score (nSPS) is 11.4. The number of hydrogen-bond acceptors (Lipinski definition) is 10. The number of hydrogen-bond donors (Lipinski definition) is 0. The standard InChI is InChI=1S/C28H30N12S2/c1-5-37-27(23(15-29-37)25-31-35-39(33-25)17-21-11-7-9-19(3)13-21)41-42-28-24(16-30-38(28)6-2)26-32-36-40(34-26)18-22-12-8-10-20(4)14-22/h7-16H,5-6,17-18H2,1-4H3. The van der Waals surface area contributed by atoms with Gasteiger partial charge < -0.3 is 0 Å². The van der Waals surface area contributed by atoms with Crippen LogP contribution in [0.3, 0.4) is 0 Å². The predicted molar refractivity (Wildman–Crippen MR) is 162 cm³/mol. The third-order valence-electron chi connectivity index (χ3n) is 6.58. The minimum Gasteiger partial charge on any atom is -0.258 e. The molecular weight excluding hydrogens is 569 g/mol. The van der Waals surface area contributed by atoms with Crippen molar-refractivity contribution in [3.8, 4) is 22.8 Å². The van der Waals surface area contributed by atoms with Gasteiger partial charge in [-0.25, -0.2) is 0 Å². The number of aromatic nitrogens is 12. The fraction of sp³-hybridized carbons (Fsp3) is 0.286. The molecule has 0 fully saturated rings. The summed E-state index contributed by atoms with van der Waals surface area (Å²) in [6.07, 6.45) is 3.60. The zero-order valence-corrected chi connectivity index (χ0v) is 25.4. The van der Waals surface area contributed by atoms with Crippen LogP contribution in [-0.2, 0) is 26.2 Å². The molecule has 0 aliphatic rings. The van der Waals surface area contributed by atoms with Gasteiger partial charge in [0, 0.05) is 13.1 Å². The maximum atomic E-state index is 4.67. The van der Waals surface area contributed by atoms with Crippen LogP contribution in [0.15, 0.2) is 71.0 Å². The summed E-state index contributed by atoms with van der Waals surface area (Å²) in [5, 5.41) is 37.7. The highest BCUT2D eigenvalue weighted by Crippen LogP contribution is 2.44. The van der Waals surface area contributed by atoms with E-state index in [9.17, 15) is 0 Å². The van der Waals surface area contributed by atoms with Crippen molar-refractivity contribution in [3.05, 3.63) is 83.2 Å². The number of aryl methyl sites for hydroxylation is 4. The Morgan fingerprint density at radius 2 is 1.10 bits per heavy atom. The van der Waals surface area contributed by atoms with Crippen LogP contribution >= 0.6 is 21.6 Å². The molecule has 0 unspecified atom stereocenters. The molecule has 14 heteroatoms. The van der Waals surface area contributed by atoms with Gasteiger partial charge in [-0.15, -0.1) is 20.4 Å². The number of rotatable bonds is 11. The van der Waals surface area contributed by atoms with E-state index in [2.05, 4.69) is 105 Å². The second-order valence-electron chi connectivity index (χ2n) is 9.79. The predicted octanol–water partition coefficient (Wildman–Crippen LogP) is 4.94. The Bertz CT molecular complexity index is 1680. The average molecular weight is 599 g/mol. The molecule has 0 amide bonds. The van der Waals surface area contributed by atoms with Gasteiger partial charge in [-0.2, -0.15) is 19.8 Å². The number of benzene rings is 2. The zero-order valence-electron chi connectivity index (χ0n) is 23.8. The van der Waals surface area contributed by atoms with Gasteiger partial charge in [0.25, 0.3) is 0 Å². The summed E-state index contributed by atoms with van der Waals surface area (Å²) >= 11 is 0. The van der Waals surface area contributed by atoms with Crippen LogP contribution in [0, 0.1) is 13.8 Å². The molecule has 4 heterocycles. The highest BCUT2D eigenvalue weighted by molar-refractivity contribution is 8.76. The maximum absolute atomic E-state index is 4.67. The minimum atomic E-state index is 0.537. The van der Waals surface area contributed by atoms with Gasteiger partial charge in [0.15, 0.2) is 0 Å². The van der Waals surface area contributed by atoms with Gasteiger partial charge in [0.1, 0.15) is 10.1 Å². The highest BCUT2D eigenvalue weighted by Gasteiger charge is 2.22. The van der Waals surface area contributed by atoms with Crippen molar-refractivity contribution >= 4 is 21.6 Å². The topological polar surface area (TPSA) is 123 Å². The first-order chi connectivity index (χ1) is 20.5. The summed E-state index contributed by atoms with van der Waals surface area (Å²) in [6.45, 7) is 10.8. The maximum Gasteiger partial charge on any atom is 0.209 e. The van der Waals surface area contributed by atoms with Crippen molar-refractivity contribution in [2.75, 3.05) is 0 Å². The molecule has 0 saturated carbocycles. The first-order valence-electron chi connectivity index (χ1n) is 13.6. The molecule has 0 atom stereocenters. The Morgan fingerprint density at radius 3 is 1.50 bits per heavy atom. The fourth-order valence-corrected chi connectivity index (χ4v) is 7.22. The van der Waals surface area contributed by atoms with E-state index in [0.717, 1.165) is 32.3 Å². The van der Waals surface area contributed by atoms with Crippen LogP contribution < -0.4 is 0 Å². The average Bonchev–Trinajstić information content (AvgIpc) is 3.78. The molecule has 0 radical (unpaired) electrons. The first-order valence-corrected chi connectivity index (χ1v) is 15.8. The molecule has 6 aromatic rings. The highest BCUT2D eigenvalue weighted by atomic mass is 33.1. The summed E-state index contributed by atoms with van der Waals surface area (Å²) in [6, 6.07) is 16.6. The van der Waals surface area contributed by atoms with Crippen LogP contribution in [0.2, 0.25) is 0 Å². The lowest BCUT2D eigenvalue weighted by Gasteiger charge is -2.08. The molecule has 0 N–H and O–H groups in total. The SMILES string of the molecule is CCn1ncc(-c2nnn(Cc3cccc(C)c3)n2)c1SSc1c(-c2nnn(Cc3cccc(C)c3)n2)cnn1CC. The third kappa shape index (κ3) is 5.99.